The van der Waals surface area contributed by atoms with Crippen LogP contribution in [0.2, 0.25) is 0 Å². The summed E-state index contributed by atoms with van der Waals surface area (Å²) >= 11 is 0. The van der Waals surface area contributed by atoms with Gasteiger partial charge in [0.2, 0.25) is 11.7 Å². The van der Waals surface area contributed by atoms with Crippen LogP contribution in [0.4, 0.5) is 11.5 Å². The van der Waals surface area contributed by atoms with E-state index in [1.165, 1.54) is 19.2 Å². The van der Waals surface area contributed by atoms with Crippen LogP contribution >= 0.6 is 0 Å². The lowest BCUT2D eigenvalue weighted by Crippen LogP contribution is -2.32. The van der Waals surface area contributed by atoms with Crippen molar-refractivity contribution in [2.24, 2.45) is 0 Å². The number of rotatable bonds is 5. The second-order valence-electron chi connectivity index (χ2n) is 4.50. The first-order chi connectivity index (χ1) is 10.0. The van der Waals surface area contributed by atoms with Gasteiger partial charge in [0.1, 0.15) is 0 Å². The minimum Gasteiger partial charge on any atom is -0.464 e. The molecule has 9 nitrogen and oxygen atoms in total. The van der Waals surface area contributed by atoms with Crippen LogP contribution < -0.4 is 10.6 Å². The Bertz CT molecular complexity index is 589. The summed E-state index contributed by atoms with van der Waals surface area (Å²) in [5.74, 6) is -0.751. The fourth-order valence-electron chi connectivity index (χ4n) is 2.00. The van der Waals surface area contributed by atoms with Gasteiger partial charge < -0.3 is 15.4 Å². The number of methoxy groups -OCH3 is 1. The Morgan fingerprint density at radius 2 is 2.38 bits per heavy atom. The molecule has 0 saturated carbocycles. The molecule has 1 aliphatic rings. The normalized spacial score (nSPS) is 17.2. The number of pyridine rings is 1. The number of anilines is 1. The van der Waals surface area contributed by atoms with Crippen LogP contribution in [0.3, 0.4) is 0 Å². The summed E-state index contributed by atoms with van der Waals surface area (Å²) in [5.41, 5.74) is -0.270. The molecule has 1 aliphatic heterocycles. The zero-order valence-electron chi connectivity index (χ0n) is 11.3. The number of carbonyl (C=O) groups is 2. The molecule has 1 saturated heterocycles. The number of hydrogen-bond donors (Lipinski definition) is 2. The maximum Gasteiger partial charge on any atom is 0.356 e. The molecule has 1 aromatic heterocycles. The zero-order valence-corrected chi connectivity index (χ0v) is 11.3. The minimum atomic E-state index is -0.679. The number of nitrogens with zero attached hydrogens (tertiary/aromatic N) is 2. The van der Waals surface area contributed by atoms with Crippen LogP contribution in [-0.2, 0) is 9.53 Å². The van der Waals surface area contributed by atoms with Crippen LogP contribution in [0.15, 0.2) is 12.1 Å². The summed E-state index contributed by atoms with van der Waals surface area (Å²) in [4.78, 5) is 36.8. The minimum absolute atomic E-state index is 0.0240. The first-order valence-corrected chi connectivity index (χ1v) is 6.28. The molecule has 9 heteroatoms. The van der Waals surface area contributed by atoms with E-state index in [-0.39, 0.29) is 29.1 Å². The quantitative estimate of drug-likeness (QED) is 0.459. The summed E-state index contributed by atoms with van der Waals surface area (Å²) in [7, 11) is 1.20. The molecule has 1 fully saturated rings. The van der Waals surface area contributed by atoms with Gasteiger partial charge >= 0.3 is 11.7 Å². The van der Waals surface area contributed by atoms with E-state index in [0.717, 1.165) is 0 Å². The Hall–Kier alpha value is -2.71. The van der Waals surface area contributed by atoms with Crippen molar-refractivity contribution in [3.05, 3.63) is 27.9 Å². The van der Waals surface area contributed by atoms with E-state index >= 15 is 0 Å². The second-order valence-corrected chi connectivity index (χ2v) is 4.50. The lowest BCUT2D eigenvalue weighted by atomic mass is 10.2. The second kappa shape index (κ2) is 6.16. The topological polar surface area (TPSA) is 123 Å². The van der Waals surface area contributed by atoms with Gasteiger partial charge in [0.15, 0.2) is 5.69 Å². The van der Waals surface area contributed by atoms with Gasteiger partial charge in [-0.25, -0.2) is 9.78 Å². The highest BCUT2D eigenvalue weighted by Gasteiger charge is 2.23. The maximum atomic E-state index is 11.4. The predicted molar refractivity (Wildman–Crippen MR) is 71.9 cm³/mol. The molecule has 2 heterocycles. The Balaban J connectivity index is 2.16. The Kier molecular flexibility index (Phi) is 4.31. The van der Waals surface area contributed by atoms with Crippen LogP contribution in [0.5, 0.6) is 0 Å². The number of ether oxygens (including phenoxy) is 1. The summed E-state index contributed by atoms with van der Waals surface area (Å²) < 4.78 is 4.53. The fraction of sp³-hybridized carbons (Fsp3) is 0.417. The Morgan fingerprint density at radius 1 is 1.62 bits per heavy atom. The van der Waals surface area contributed by atoms with Gasteiger partial charge in [0, 0.05) is 25.1 Å². The van der Waals surface area contributed by atoms with Crippen LogP contribution in [-0.4, -0.2) is 41.5 Å². The molecule has 21 heavy (non-hydrogen) atoms. The number of nitro groups is 1. The highest BCUT2D eigenvalue weighted by molar-refractivity contribution is 5.88. The first-order valence-electron chi connectivity index (χ1n) is 6.28. The van der Waals surface area contributed by atoms with Crippen molar-refractivity contribution in [3.8, 4) is 0 Å². The van der Waals surface area contributed by atoms with Crippen LogP contribution in [0, 0.1) is 10.1 Å². The number of amides is 1. The maximum absolute atomic E-state index is 11.4. The molecule has 2 N–H and O–H groups in total. The van der Waals surface area contributed by atoms with Gasteiger partial charge in [-0.1, -0.05) is 0 Å². The van der Waals surface area contributed by atoms with E-state index in [9.17, 15) is 19.7 Å². The summed E-state index contributed by atoms with van der Waals surface area (Å²) in [6.07, 6.45) is 1.08. The Morgan fingerprint density at radius 3 is 2.95 bits per heavy atom. The number of hydrogen-bond acceptors (Lipinski definition) is 7. The van der Waals surface area contributed by atoms with Crippen LogP contribution in [0.1, 0.15) is 23.3 Å². The lowest BCUT2D eigenvalue weighted by molar-refractivity contribution is -0.384. The molecule has 0 radical (unpaired) electrons. The number of nitrogens with one attached hydrogen (secondary N) is 2. The molecule has 2 rings (SSSR count). The van der Waals surface area contributed by atoms with Crippen molar-refractivity contribution in [2.45, 2.75) is 18.9 Å². The highest BCUT2D eigenvalue weighted by Crippen LogP contribution is 2.22. The predicted octanol–water partition coefficient (Wildman–Crippen LogP) is 0.467. The molecule has 0 aromatic carbocycles. The van der Waals surface area contributed by atoms with E-state index in [1.54, 1.807) is 0 Å². The first kappa shape index (κ1) is 14.7. The molecule has 0 spiro atoms. The third kappa shape index (κ3) is 3.44. The molecular formula is C12H14N4O5. The van der Waals surface area contributed by atoms with Gasteiger partial charge in [-0.15, -0.1) is 0 Å². The van der Waals surface area contributed by atoms with E-state index in [2.05, 4.69) is 20.4 Å². The van der Waals surface area contributed by atoms with Gasteiger partial charge in [0.25, 0.3) is 0 Å². The highest BCUT2D eigenvalue weighted by atomic mass is 16.6. The van der Waals surface area contributed by atoms with Crippen molar-refractivity contribution >= 4 is 23.4 Å². The number of aromatic nitrogens is 1. The average Bonchev–Trinajstić information content (AvgIpc) is 2.89. The molecular weight excluding hydrogens is 280 g/mol. The fourth-order valence-corrected chi connectivity index (χ4v) is 2.00. The molecule has 1 unspecified atom stereocenters. The molecule has 112 valence electrons. The Labute approximate surface area is 119 Å². The van der Waals surface area contributed by atoms with E-state index in [1.807, 2.05) is 0 Å². The monoisotopic (exact) mass is 294 g/mol. The van der Waals surface area contributed by atoms with Gasteiger partial charge in [-0.3, -0.25) is 14.9 Å². The summed E-state index contributed by atoms with van der Waals surface area (Å²) in [5, 5.41) is 16.5. The van der Waals surface area contributed by atoms with Gasteiger partial charge in [0.05, 0.1) is 12.0 Å². The SMILES string of the molecule is COC(=O)c1ccc([N+](=O)[O-])c(NCC2CCC(=O)N2)n1. The number of esters is 1. The van der Waals surface area contributed by atoms with Crippen LogP contribution in [0.25, 0.3) is 0 Å². The standard InChI is InChI=1S/C12H14N4O5/c1-21-12(18)8-3-4-9(16(19)20)11(15-8)13-6-7-2-5-10(17)14-7/h3-4,7H,2,5-6H2,1H3,(H,13,15)(H,14,17). The van der Waals surface area contributed by atoms with Crippen molar-refractivity contribution in [1.29, 1.82) is 0 Å². The van der Waals surface area contributed by atoms with Crippen molar-refractivity contribution in [1.82, 2.24) is 10.3 Å². The lowest BCUT2D eigenvalue weighted by Gasteiger charge is -2.12. The van der Waals surface area contributed by atoms with Gasteiger partial charge in [-0.05, 0) is 12.5 Å². The van der Waals surface area contributed by atoms with Gasteiger partial charge in [-0.2, -0.15) is 0 Å². The average molecular weight is 294 g/mol. The largest absolute Gasteiger partial charge is 0.464 e. The number of carbonyl (C=O) groups excluding carboxylic acids is 2. The van der Waals surface area contributed by atoms with Crippen molar-refractivity contribution in [2.75, 3.05) is 19.0 Å². The molecule has 0 bridgehead atoms. The smallest absolute Gasteiger partial charge is 0.356 e. The third-order valence-corrected chi connectivity index (χ3v) is 3.07. The van der Waals surface area contributed by atoms with Crippen molar-refractivity contribution in [3.63, 3.8) is 0 Å². The summed E-state index contributed by atoms with van der Waals surface area (Å²) in [6, 6.07) is 2.31. The molecule has 0 aliphatic carbocycles. The van der Waals surface area contributed by atoms with E-state index in [4.69, 9.17) is 0 Å². The molecule has 1 aromatic rings. The molecule has 1 amide bonds. The summed E-state index contributed by atoms with van der Waals surface area (Å²) in [6.45, 7) is 0.296. The van der Waals surface area contributed by atoms with E-state index < -0.39 is 10.9 Å². The molecule has 1 atom stereocenters. The van der Waals surface area contributed by atoms with E-state index in [0.29, 0.717) is 19.4 Å². The van der Waals surface area contributed by atoms with Crippen molar-refractivity contribution < 1.29 is 19.2 Å². The third-order valence-electron chi connectivity index (χ3n) is 3.07. The zero-order chi connectivity index (χ0) is 15.4.